The fourth-order valence-corrected chi connectivity index (χ4v) is 1.29. The summed E-state index contributed by atoms with van der Waals surface area (Å²) in [6.45, 7) is 1.87. The first-order chi connectivity index (χ1) is 8.99. The Kier molecular flexibility index (Phi) is 7.93. The second-order valence-corrected chi connectivity index (χ2v) is 7.09. The molecular formula is C14H30N2O4+2. The smallest absolute Gasteiger partial charge is 0.331 e. The van der Waals surface area contributed by atoms with E-state index in [1.54, 1.807) is 0 Å². The van der Waals surface area contributed by atoms with Crippen molar-refractivity contribution in [1.29, 1.82) is 0 Å². The van der Waals surface area contributed by atoms with Crippen LogP contribution in [-0.4, -0.2) is 82.7 Å². The van der Waals surface area contributed by atoms with Gasteiger partial charge in [-0.3, -0.25) is 9.68 Å². The Labute approximate surface area is 122 Å². The molecule has 0 fully saturated rings. The molecule has 0 heterocycles. The van der Waals surface area contributed by atoms with Gasteiger partial charge in [-0.25, -0.2) is 4.79 Å². The summed E-state index contributed by atoms with van der Waals surface area (Å²) in [5, 5.41) is 0. The summed E-state index contributed by atoms with van der Waals surface area (Å²) in [6.07, 6.45) is 0.789. The molecule has 0 aliphatic rings. The van der Waals surface area contributed by atoms with E-state index in [0.29, 0.717) is 13.0 Å². The lowest BCUT2D eigenvalue weighted by atomic mass is 10.1. The minimum Gasteiger partial charge on any atom is -0.331 e. The Morgan fingerprint density at radius 2 is 1.35 bits per heavy atom. The molecule has 0 rings (SSSR count). The fourth-order valence-electron chi connectivity index (χ4n) is 1.29. The quantitative estimate of drug-likeness (QED) is 0.256. The molecule has 0 spiro atoms. The molecule has 0 aromatic carbocycles. The predicted octanol–water partition coefficient (Wildman–Crippen LogP) is 0.613. The van der Waals surface area contributed by atoms with Gasteiger partial charge in [0.05, 0.1) is 61.7 Å². The van der Waals surface area contributed by atoms with Crippen LogP contribution in [0.15, 0.2) is 0 Å². The Bertz CT molecular complexity index is 316. The lowest BCUT2D eigenvalue weighted by Crippen LogP contribution is -2.37. The number of ketones is 1. The van der Waals surface area contributed by atoms with E-state index in [0.717, 1.165) is 22.1 Å². The third-order valence-corrected chi connectivity index (χ3v) is 2.67. The number of rotatable bonds is 10. The molecule has 6 heteroatoms. The van der Waals surface area contributed by atoms with Crippen molar-refractivity contribution < 1.29 is 28.3 Å². The number of carbonyl (C=O) groups is 2. The van der Waals surface area contributed by atoms with Crippen LogP contribution in [0.5, 0.6) is 0 Å². The first kappa shape index (κ1) is 19.0. The molecule has 118 valence electrons. The van der Waals surface area contributed by atoms with Gasteiger partial charge in [-0.05, 0) is 0 Å². The van der Waals surface area contributed by atoms with Gasteiger partial charge in [0.1, 0.15) is 18.9 Å². The molecule has 0 radical (unpaired) electrons. The summed E-state index contributed by atoms with van der Waals surface area (Å²) in [5.74, 6) is -0.397. The Morgan fingerprint density at radius 1 is 0.800 bits per heavy atom. The van der Waals surface area contributed by atoms with E-state index in [4.69, 9.17) is 4.89 Å². The maximum absolute atomic E-state index is 11.6. The second-order valence-electron chi connectivity index (χ2n) is 7.09. The average molecular weight is 290 g/mol. The Hall–Kier alpha value is -0.980. The van der Waals surface area contributed by atoms with Crippen molar-refractivity contribution >= 4 is 11.8 Å². The van der Waals surface area contributed by atoms with Crippen LogP contribution in [0, 0.1) is 0 Å². The fraction of sp³-hybridized carbons (Fsp3) is 0.857. The normalized spacial score (nSPS) is 12.3. The van der Waals surface area contributed by atoms with Gasteiger partial charge in [0, 0.05) is 6.42 Å². The Balaban J connectivity index is 3.65. The number of Topliss-reactive ketones (excluding diaryl/α,β-unsaturated/α-hetero) is 1. The molecule has 0 amide bonds. The van der Waals surface area contributed by atoms with Crippen LogP contribution in [0.1, 0.15) is 19.3 Å². The second kappa shape index (κ2) is 8.34. The SMILES string of the molecule is C[N+](C)(C)CCOOC(=O)CCC(=O)CC[N+](C)(C)C. The van der Waals surface area contributed by atoms with Gasteiger partial charge in [-0.15, -0.1) is 0 Å². The number of nitrogens with zero attached hydrogens (tertiary/aromatic N) is 2. The largest absolute Gasteiger partial charge is 0.342 e. The molecule has 0 aromatic heterocycles. The van der Waals surface area contributed by atoms with E-state index in [9.17, 15) is 9.59 Å². The van der Waals surface area contributed by atoms with E-state index in [2.05, 4.69) is 4.89 Å². The van der Waals surface area contributed by atoms with Crippen molar-refractivity contribution in [3.05, 3.63) is 0 Å². The van der Waals surface area contributed by atoms with Gasteiger partial charge in [-0.1, -0.05) is 0 Å². The molecular weight excluding hydrogens is 260 g/mol. The van der Waals surface area contributed by atoms with Crippen LogP contribution in [-0.2, 0) is 19.4 Å². The molecule has 0 unspecified atom stereocenters. The highest BCUT2D eigenvalue weighted by atomic mass is 17.2. The zero-order chi connectivity index (χ0) is 15.8. The van der Waals surface area contributed by atoms with Gasteiger partial charge in [0.15, 0.2) is 0 Å². The number of quaternary nitrogens is 2. The number of hydrogen-bond acceptors (Lipinski definition) is 4. The van der Waals surface area contributed by atoms with Gasteiger partial charge in [0.25, 0.3) is 0 Å². The molecule has 0 saturated carbocycles. The van der Waals surface area contributed by atoms with Crippen LogP contribution >= 0.6 is 0 Å². The summed E-state index contributed by atoms with van der Waals surface area (Å²) in [5.41, 5.74) is 0. The number of hydrogen-bond donors (Lipinski definition) is 0. The lowest BCUT2D eigenvalue weighted by molar-refractivity contribution is -0.871. The van der Waals surface area contributed by atoms with Crippen molar-refractivity contribution in [2.24, 2.45) is 0 Å². The van der Waals surface area contributed by atoms with E-state index in [-0.39, 0.29) is 18.6 Å². The lowest BCUT2D eigenvalue weighted by Gasteiger charge is -2.23. The minimum atomic E-state index is -0.481. The highest BCUT2D eigenvalue weighted by Crippen LogP contribution is 2.01. The monoisotopic (exact) mass is 290 g/mol. The third-order valence-electron chi connectivity index (χ3n) is 2.67. The first-order valence-electron chi connectivity index (χ1n) is 6.94. The molecule has 6 nitrogen and oxygen atoms in total. The Morgan fingerprint density at radius 3 is 1.85 bits per heavy atom. The van der Waals surface area contributed by atoms with Crippen molar-refractivity contribution in [3.8, 4) is 0 Å². The van der Waals surface area contributed by atoms with E-state index < -0.39 is 5.97 Å². The average Bonchev–Trinajstić information content (AvgIpc) is 2.27. The standard InChI is InChI=1S/C14H30N2O4/c1-15(2,3)10-9-13(17)7-8-14(18)20-19-12-11-16(4,5)6/h7-12H2,1-6H3/q+2. The number of carbonyl (C=O) groups excluding carboxylic acids is 2. The minimum absolute atomic E-state index is 0.0837. The van der Waals surface area contributed by atoms with Crippen molar-refractivity contribution in [2.75, 3.05) is 62.0 Å². The van der Waals surface area contributed by atoms with Crippen LogP contribution in [0.2, 0.25) is 0 Å². The van der Waals surface area contributed by atoms with Gasteiger partial charge in [0.2, 0.25) is 0 Å². The molecule has 0 bridgehead atoms. The molecule has 0 atom stereocenters. The molecule has 0 aliphatic heterocycles. The maximum Gasteiger partial charge on any atom is 0.342 e. The molecule has 0 N–H and O–H groups in total. The van der Waals surface area contributed by atoms with Gasteiger partial charge < -0.3 is 8.97 Å². The summed E-state index contributed by atoms with van der Waals surface area (Å²) in [7, 11) is 12.2. The third kappa shape index (κ3) is 13.5. The van der Waals surface area contributed by atoms with E-state index in [1.165, 1.54) is 0 Å². The highest BCUT2D eigenvalue weighted by Gasteiger charge is 2.14. The summed E-state index contributed by atoms with van der Waals surface area (Å²) in [6, 6.07) is 0. The molecule has 0 aromatic rings. The summed E-state index contributed by atoms with van der Waals surface area (Å²) < 4.78 is 1.48. The maximum atomic E-state index is 11.6. The van der Waals surface area contributed by atoms with E-state index >= 15 is 0 Å². The summed E-state index contributed by atoms with van der Waals surface area (Å²) in [4.78, 5) is 32.4. The predicted molar refractivity (Wildman–Crippen MR) is 76.7 cm³/mol. The van der Waals surface area contributed by atoms with E-state index in [1.807, 2.05) is 42.3 Å². The van der Waals surface area contributed by atoms with Crippen molar-refractivity contribution in [2.45, 2.75) is 19.3 Å². The number of likely N-dealkylation sites (N-methyl/N-ethyl adjacent to an activating group) is 1. The van der Waals surface area contributed by atoms with Crippen molar-refractivity contribution in [3.63, 3.8) is 0 Å². The van der Waals surface area contributed by atoms with Crippen LogP contribution in [0.3, 0.4) is 0 Å². The summed E-state index contributed by atoms with van der Waals surface area (Å²) >= 11 is 0. The van der Waals surface area contributed by atoms with Crippen molar-refractivity contribution in [1.82, 2.24) is 0 Å². The van der Waals surface area contributed by atoms with Crippen LogP contribution in [0.4, 0.5) is 0 Å². The van der Waals surface area contributed by atoms with Crippen LogP contribution < -0.4 is 0 Å². The molecule has 0 saturated heterocycles. The zero-order valence-corrected chi connectivity index (χ0v) is 13.8. The zero-order valence-electron chi connectivity index (χ0n) is 13.8. The topological polar surface area (TPSA) is 52.6 Å². The van der Waals surface area contributed by atoms with Crippen LogP contribution in [0.25, 0.3) is 0 Å². The first-order valence-corrected chi connectivity index (χ1v) is 6.94. The molecule has 20 heavy (non-hydrogen) atoms. The van der Waals surface area contributed by atoms with Gasteiger partial charge >= 0.3 is 5.97 Å². The van der Waals surface area contributed by atoms with Gasteiger partial charge in [-0.2, -0.15) is 4.89 Å². The highest BCUT2D eigenvalue weighted by molar-refractivity contribution is 5.82. The molecule has 0 aliphatic carbocycles.